The van der Waals surface area contributed by atoms with Crippen molar-refractivity contribution in [2.24, 2.45) is 0 Å². The van der Waals surface area contributed by atoms with E-state index in [4.69, 9.17) is 4.42 Å². The molecule has 2 aromatic rings. The van der Waals surface area contributed by atoms with Crippen LogP contribution in [0, 0.1) is 18.8 Å². The SMILES string of the molecule is CC#CCC(NCC)c1cc2cc(C)ccc2o1. The van der Waals surface area contributed by atoms with Crippen molar-refractivity contribution in [3.05, 3.63) is 35.6 Å². The zero-order valence-corrected chi connectivity index (χ0v) is 11.2. The molecule has 0 spiro atoms. The number of benzene rings is 1. The van der Waals surface area contributed by atoms with Gasteiger partial charge in [0.2, 0.25) is 0 Å². The Labute approximate surface area is 108 Å². The molecule has 1 unspecified atom stereocenters. The van der Waals surface area contributed by atoms with Crippen LogP contribution in [0.1, 0.15) is 37.6 Å². The van der Waals surface area contributed by atoms with E-state index in [0.29, 0.717) is 0 Å². The fraction of sp³-hybridized carbons (Fsp3) is 0.375. The number of hydrogen-bond donors (Lipinski definition) is 1. The largest absolute Gasteiger partial charge is 0.459 e. The van der Waals surface area contributed by atoms with Gasteiger partial charge in [0.15, 0.2) is 0 Å². The highest BCUT2D eigenvalue weighted by molar-refractivity contribution is 5.78. The van der Waals surface area contributed by atoms with E-state index >= 15 is 0 Å². The smallest absolute Gasteiger partial charge is 0.134 e. The second kappa shape index (κ2) is 5.75. The van der Waals surface area contributed by atoms with Gasteiger partial charge in [0.1, 0.15) is 11.3 Å². The van der Waals surface area contributed by atoms with Gasteiger partial charge in [-0.3, -0.25) is 0 Å². The van der Waals surface area contributed by atoms with Crippen LogP contribution >= 0.6 is 0 Å². The molecule has 0 fully saturated rings. The Kier molecular flexibility index (Phi) is 4.07. The monoisotopic (exact) mass is 241 g/mol. The first-order valence-electron chi connectivity index (χ1n) is 6.37. The maximum absolute atomic E-state index is 5.90. The Morgan fingerprint density at radius 3 is 2.89 bits per heavy atom. The van der Waals surface area contributed by atoms with Gasteiger partial charge in [-0.05, 0) is 38.6 Å². The molecule has 0 radical (unpaired) electrons. The van der Waals surface area contributed by atoms with E-state index in [1.54, 1.807) is 0 Å². The topological polar surface area (TPSA) is 25.2 Å². The molecule has 0 aliphatic rings. The van der Waals surface area contributed by atoms with Crippen LogP contribution in [0.2, 0.25) is 0 Å². The van der Waals surface area contributed by atoms with E-state index in [9.17, 15) is 0 Å². The maximum atomic E-state index is 5.90. The summed E-state index contributed by atoms with van der Waals surface area (Å²) in [6.07, 6.45) is 0.781. The van der Waals surface area contributed by atoms with Gasteiger partial charge in [-0.1, -0.05) is 18.6 Å². The fourth-order valence-electron chi connectivity index (χ4n) is 2.08. The Morgan fingerprint density at radius 1 is 1.33 bits per heavy atom. The molecule has 2 heteroatoms. The first kappa shape index (κ1) is 12.7. The molecular weight excluding hydrogens is 222 g/mol. The van der Waals surface area contributed by atoms with Crippen LogP contribution in [0.3, 0.4) is 0 Å². The molecule has 1 aromatic heterocycles. The van der Waals surface area contributed by atoms with Crippen LogP contribution in [-0.4, -0.2) is 6.54 Å². The second-order valence-electron chi connectivity index (χ2n) is 4.43. The molecule has 0 aliphatic carbocycles. The standard InChI is InChI=1S/C16H19NO/c1-4-6-7-14(17-5-2)16-11-13-10-12(3)8-9-15(13)18-16/h8-11,14,17H,5,7H2,1-3H3. The van der Waals surface area contributed by atoms with Gasteiger partial charge in [-0.15, -0.1) is 11.8 Å². The summed E-state index contributed by atoms with van der Waals surface area (Å²) in [5, 5.41) is 4.58. The number of fused-ring (bicyclic) bond motifs is 1. The summed E-state index contributed by atoms with van der Waals surface area (Å²) < 4.78 is 5.90. The molecular formula is C16H19NO. The lowest BCUT2D eigenvalue weighted by molar-refractivity contribution is 0.442. The van der Waals surface area contributed by atoms with Crippen molar-refractivity contribution in [1.29, 1.82) is 0 Å². The Balaban J connectivity index is 2.33. The van der Waals surface area contributed by atoms with Crippen LogP contribution in [0.4, 0.5) is 0 Å². The minimum absolute atomic E-state index is 0.176. The zero-order valence-electron chi connectivity index (χ0n) is 11.2. The molecule has 0 saturated heterocycles. The zero-order chi connectivity index (χ0) is 13.0. The second-order valence-corrected chi connectivity index (χ2v) is 4.43. The van der Waals surface area contributed by atoms with Crippen molar-refractivity contribution < 1.29 is 4.42 Å². The first-order chi connectivity index (χ1) is 8.74. The van der Waals surface area contributed by atoms with Crippen molar-refractivity contribution in [3.8, 4) is 11.8 Å². The third kappa shape index (κ3) is 2.75. The minimum Gasteiger partial charge on any atom is -0.459 e. The molecule has 94 valence electrons. The lowest BCUT2D eigenvalue weighted by Gasteiger charge is -2.11. The number of rotatable bonds is 4. The van der Waals surface area contributed by atoms with Gasteiger partial charge < -0.3 is 9.73 Å². The number of nitrogens with one attached hydrogen (secondary N) is 1. The highest BCUT2D eigenvalue weighted by Gasteiger charge is 2.14. The minimum atomic E-state index is 0.176. The predicted molar refractivity (Wildman–Crippen MR) is 75.4 cm³/mol. The summed E-state index contributed by atoms with van der Waals surface area (Å²) in [6, 6.07) is 8.55. The van der Waals surface area contributed by atoms with Crippen LogP contribution in [0.15, 0.2) is 28.7 Å². The van der Waals surface area contributed by atoms with E-state index in [2.05, 4.69) is 49.2 Å². The van der Waals surface area contributed by atoms with Gasteiger partial charge in [0.05, 0.1) is 6.04 Å². The summed E-state index contributed by atoms with van der Waals surface area (Å²) in [6.45, 7) is 6.97. The van der Waals surface area contributed by atoms with Gasteiger partial charge in [-0.25, -0.2) is 0 Å². The van der Waals surface area contributed by atoms with E-state index in [1.807, 2.05) is 13.0 Å². The summed E-state index contributed by atoms with van der Waals surface area (Å²) in [4.78, 5) is 0. The maximum Gasteiger partial charge on any atom is 0.134 e. The van der Waals surface area contributed by atoms with Gasteiger partial charge >= 0.3 is 0 Å². The van der Waals surface area contributed by atoms with Crippen molar-refractivity contribution in [2.75, 3.05) is 6.54 Å². The highest BCUT2D eigenvalue weighted by Crippen LogP contribution is 2.26. The third-order valence-electron chi connectivity index (χ3n) is 2.97. The normalized spacial score (nSPS) is 12.2. The van der Waals surface area contributed by atoms with Crippen molar-refractivity contribution in [1.82, 2.24) is 5.32 Å². The van der Waals surface area contributed by atoms with E-state index in [-0.39, 0.29) is 6.04 Å². The molecule has 0 aliphatic heterocycles. The van der Waals surface area contributed by atoms with Crippen molar-refractivity contribution in [3.63, 3.8) is 0 Å². The van der Waals surface area contributed by atoms with Crippen LogP contribution < -0.4 is 5.32 Å². The molecule has 2 nitrogen and oxygen atoms in total. The molecule has 0 amide bonds. The quantitative estimate of drug-likeness (QED) is 0.823. The van der Waals surface area contributed by atoms with Crippen molar-refractivity contribution >= 4 is 11.0 Å². The van der Waals surface area contributed by atoms with Gasteiger partial charge in [0, 0.05) is 11.8 Å². The molecule has 1 aromatic carbocycles. The molecule has 1 heterocycles. The number of aryl methyl sites for hydroxylation is 1. The van der Waals surface area contributed by atoms with Gasteiger partial charge in [-0.2, -0.15) is 0 Å². The average molecular weight is 241 g/mol. The summed E-state index contributed by atoms with van der Waals surface area (Å²) >= 11 is 0. The van der Waals surface area contributed by atoms with Crippen LogP contribution in [-0.2, 0) is 0 Å². The van der Waals surface area contributed by atoms with Crippen molar-refractivity contribution in [2.45, 2.75) is 33.2 Å². The molecule has 0 bridgehead atoms. The summed E-state index contributed by atoms with van der Waals surface area (Å²) in [5.41, 5.74) is 2.20. The molecule has 1 atom stereocenters. The summed E-state index contributed by atoms with van der Waals surface area (Å²) in [7, 11) is 0. The predicted octanol–water partition coefficient (Wildman–Crippen LogP) is 3.81. The first-order valence-corrected chi connectivity index (χ1v) is 6.37. The summed E-state index contributed by atoms with van der Waals surface area (Å²) in [5.74, 6) is 7.02. The van der Waals surface area contributed by atoms with E-state index in [0.717, 1.165) is 29.7 Å². The highest BCUT2D eigenvalue weighted by atomic mass is 16.3. The molecule has 18 heavy (non-hydrogen) atoms. The lowest BCUT2D eigenvalue weighted by atomic mass is 10.1. The number of hydrogen-bond acceptors (Lipinski definition) is 2. The molecule has 0 saturated carbocycles. The van der Waals surface area contributed by atoms with Crippen LogP contribution in [0.5, 0.6) is 0 Å². The van der Waals surface area contributed by atoms with E-state index < -0.39 is 0 Å². The average Bonchev–Trinajstić information content (AvgIpc) is 2.77. The molecule has 2 rings (SSSR count). The third-order valence-corrected chi connectivity index (χ3v) is 2.97. The Bertz CT molecular complexity index is 586. The molecule has 1 N–H and O–H groups in total. The Morgan fingerprint density at radius 2 is 2.17 bits per heavy atom. The lowest BCUT2D eigenvalue weighted by Crippen LogP contribution is -2.19. The fourth-order valence-corrected chi connectivity index (χ4v) is 2.08. The van der Waals surface area contributed by atoms with E-state index in [1.165, 1.54) is 5.56 Å². The Hall–Kier alpha value is -1.72. The number of furan rings is 1. The van der Waals surface area contributed by atoms with Gasteiger partial charge in [0.25, 0.3) is 0 Å². The van der Waals surface area contributed by atoms with Crippen LogP contribution in [0.25, 0.3) is 11.0 Å².